The van der Waals surface area contributed by atoms with Crippen LogP contribution in [0.15, 0.2) is 42.5 Å². The lowest BCUT2D eigenvalue weighted by Gasteiger charge is -2.39. The summed E-state index contributed by atoms with van der Waals surface area (Å²) in [4.78, 5) is 12.8. The van der Waals surface area contributed by atoms with E-state index >= 15 is 4.39 Å². The Bertz CT molecular complexity index is 995. The lowest BCUT2D eigenvalue weighted by Crippen LogP contribution is -2.38. The monoisotopic (exact) mass is 469 g/mol. The zero-order valence-electron chi connectivity index (χ0n) is 19.8. The van der Waals surface area contributed by atoms with Crippen molar-refractivity contribution in [2.45, 2.75) is 83.9 Å². The highest BCUT2D eigenvalue weighted by Gasteiger charge is 2.42. The molecule has 1 fully saturated rings. The molecule has 0 radical (unpaired) electrons. The number of unbranched alkanes of at least 4 members (excludes halogenated alkanes) is 4. The van der Waals surface area contributed by atoms with E-state index in [0.717, 1.165) is 63.9 Å². The highest BCUT2D eigenvalue weighted by molar-refractivity contribution is 5.94. The summed E-state index contributed by atoms with van der Waals surface area (Å²) in [7, 11) is 0. The SMILES string of the molecule is CCCCCCCC1(C(F)Oc2ccccc2C(=O)Oc2ccc(C#N)c(F)c2)CCCCC1. The molecule has 2 aromatic rings. The summed E-state index contributed by atoms with van der Waals surface area (Å²) >= 11 is 0. The number of rotatable bonds is 11. The van der Waals surface area contributed by atoms with Gasteiger partial charge in [0.1, 0.15) is 28.9 Å². The number of halogens is 2. The zero-order chi connectivity index (χ0) is 24.4. The third-order valence-corrected chi connectivity index (χ3v) is 6.72. The van der Waals surface area contributed by atoms with Crippen molar-refractivity contribution in [3.05, 3.63) is 59.4 Å². The van der Waals surface area contributed by atoms with Gasteiger partial charge in [0.25, 0.3) is 0 Å². The molecule has 3 rings (SSSR count). The lowest BCUT2D eigenvalue weighted by molar-refractivity contribution is -0.0796. The smallest absolute Gasteiger partial charge is 0.347 e. The van der Waals surface area contributed by atoms with E-state index in [1.54, 1.807) is 24.3 Å². The number of carbonyl (C=O) groups excluding carboxylic acids is 1. The van der Waals surface area contributed by atoms with Gasteiger partial charge < -0.3 is 9.47 Å². The van der Waals surface area contributed by atoms with E-state index < -0.39 is 23.6 Å². The van der Waals surface area contributed by atoms with E-state index in [0.29, 0.717) is 0 Å². The summed E-state index contributed by atoms with van der Waals surface area (Å²) in [5.41, 5.74) is -0.613. The number of ether oxygens (including phenoxy) is 2. The van der Waals surface area contributed by atoms with Crippen LogP contribution in [-0.4, -0.2) is 12.3 Å². The van der Waals surface area contributed by atoms with Crippen LogP contribution in [0.25, 0.3) is 0 Å². The standard InChI is InChI=1S/C28H33F2NO3/c1-2-3-4-5-9-16-28(17-10-6-11-18-28)27(30)34-25-13-8-7-12-23(25)26(32)33-22-15-14-21(20-31)24(29)19-22/h7-8,12-15,19,27H,2-6,9-11,16-18H2,1H3. The first-order valence-electron chi connectivity index (χ1n) is 12.3. The van der Waals surface area contributed by atoms with Crippen molar-refractivity contribution in [1.29, 1.82) is 5.26 Å². The Balaban J connectivity index is 1.72. The molecule has 182 valence electrons. The molecule has 1 aliphatic rings. The average molecular weight is 470 g/mol. The van der Waals surface area contributed by atoms with E-state index in [1.165, 1.54) is 31.0 Å². The van der Waals surface area contributed by atoms with Gasteiger partial charge >= 0.3 is 5.97 Å². The van der Waals surface area contributed by atoms with Gasteiger partial charge in [-0.05, 0) is 43.5 Å². The minimum Gasteiger partial charge on any atom is -0.459 e. The van der Waals surface area contributed by atoms with Gasteiger partial charge in [-0.25, -0.2) is 13.6 Å². The molecule has 1 atom stereocenters. The van der Waals surface area contributed by atoms with Crippen LogP contribution in [0.5, 0.6) is 11.5 Å². The van der Waals surface area contributed by atoms with Gasteiger partial charge in [-0.2, -0.15) is 5.26 Å². The summed E-state index contributed by atoms with van der Waals surface area (Å²) in [6.07, 6.45) is 9.45. The van der Waals surface area contributed by atoms with Crippen LogP contribution < -0.4 is 9.47 Å². The fourth-order valence-electron chi connectivity index (χ4n) is 4.71. The van der Waals surface area contributed by atoms with Gasteiger partial charge in [0.2, 0.25) is 6.36 Å². The van der Waals surface area contributed by atoms with Crippen LogP contribution in [0.3, 0.4) is 0 Å². The van der Waals surface area contributed by atoms with E-state index in [2.05, 4.69) is 6.92 Å². The van der Waals surface area contributed by atoms with Crippen molar-refractivity contribution in [3.63, 3.8) is 0 Å². The van der Waals surface area contributed by atoms with Crippen LogP contribution in [0.2, 0.25) is 0 Å². The summed E-state index contributed by atoms with van der Waals surface area (Å²) in [6.45, 7) is 2.17. The molecule has 0 bridgehead atoms. The number of carbonyl (C=O) groups is 1. The third kappa shape index (κ3) is 6.56. The molecule has 0 aliphatic heterocycles. The van der Waals surface area contributed by atoms with Crippen molar-refractivity contribution in [1.82, 2.24) is 0 Å². The molecule has 0 saturated heterocycles. The van der Waals surface area contributed by atoms with Crippen molar-refractivity contribution in [2.24, 2.45) is 5.41 Å². The third-order valence-electron chi connectivity index (χ3n) is 6.72. The highest BCUT2D eigenvalue weighted by Crippen LogP contribution is 2.46. The molecule has 0 aromatic heterocycles. The summed E-state index contributed by atoms with van der Waals surface area (Å²) in [5, 5.41) is 8.86. The predicted molar refractivity (Wildman–Crippen MR) is 127 cm³/mol. The van der Waals surface area contributed by atoms with Crippen LogP contribution in [0.1, 0.15) is 93.5 Å². The molecule has 0 spiro atoms. The highest BCUT2D eigenvalue weighted by atomic mass is 19.1. The van der Waals surface area contributed by atoms with E-state index in [9.17, 15) is 9.18 Å². The largest absolute Gasteiger partial charge is 0.459 e. The van der Waals surface area contributed by atoms with E-state index in [4.69, 9.17) is 14.7 Å². The second kappa shape index (κ2) is 12.5. The fourth-order valence-corrected chi connectivity index (χ4v) is 4.71. The van der Waals surface area contributed by atoms with Gasteiger partial charge in [0.15, 0.2) is 0 Å². The van der Waals surface area contributed by atoms with Gasteiger partial charge in [0.05, 0.1) is 5.56 Å². The molecule has 2 aromatic carbocycles. The maximum atomic E-state index is 15.8. The quantitative estimate of drug-likeness (QED) is 0.191. The summed E-state index contributed by atoms with van der Waals surface area (Å²) in [6, 6.07) is 11.7. The number of nitriles is 1. The minimum atomic E-state index is -1.53. The van der Waals surface area contributed by atoms with Gasteiger partial charge in [-0.3, -0.25) is 0 Å². The number of hydrogen-bond donors (Lipinski definition) is 0. The van der Waals surface area contributed by atoms with E-state index in [1.807, 2.05) is 0 Å². The Morgan fingerprint density at radius 2 is 1.82 bits per heavy atom. The molecule has 6 heteroatoms. The number of alkyl halides is 1. The maximum absolute atomic E-state index is 15.8. The second-order valence-corrected chi connectivity index (χ2v) is 9.16. The maximum Gasteiger partial charge on any atom is 0.347 e. The minimum absolute atomic E-state index is 0.0380. The van der Waals surface area contributed by atoms with Crippen molar-refractivity contribution in [2.75, 3.05) is 0 Å². The van der Waals surface area contributed by atoms with Crippen LogP contribution in [-0.2, 0) is 0 Å². The number of hydrogen-bond acceptors (Lipinski definition) is 4. The van der Waals surface area contributed by atoms with Crippen LogP contribution in [0, 0.1) is 22.6 Å². The Morgan fingerprint density at radius 3 is 2.53 bits per heavy atom. The molecule has 0 amide bonds. The van der Waals surface area contributed by atoms with Gasteiger partial charge in [0, 0.05) is 11.5 Å². The van der Waals surface area contributed by atoms with Gasteiger partial charge in [-0.1, -0.05) is 70.4 Å². The molecular weight excluding hydrogens is 436 g/mol. The predicted octanol–water partition coefficient (Wildman–Crippen LogP) is 7.90. The van der Waals surface area contributed by atoms with Crippen molar-refractivity contribution < 1.29 is 23.0 Å². The first-order chi connectivity index (χ1) is 16.5. The van der Waals surface area contributed by atoms with Crippen LogP contribution in [0.4, 0.5) is 8.78 Å². The Labute approximate surface area is 200 Å². The number of nitrogens with zero attached hydrogens (tertiary/aromatic N) is 1. The number of esters is 1. The topological polar surface area (TPSA) is 59.3 Å². The summed E-state index contributed by atoms with van der Waals surface area (Å²) < 4.78 is 40.7. The van der Waals surface area contributed by atoms with Crippen molar-refractivity contribution in [3.8, 4) is 17.6 Å². The molecule has 0 heterocycles. The van der Waals surface area contributed by atoms with Crippen molar-refractivity contribution >= 4 is 5.97 Å². The lowest BCUT2D eigenvalue weighted by atomic mass is 9.70. The zero-order valence-corrected chi connectivity index (χ0v) is 19.8. The second-order valence-electron chi connectivity index (χ2n) is 9.16. The summed E-state index contributed by atoms with van der Waals surface area (Å²) in [5.74, 6) is -1.47. The normalized spacial score (nSPS) is 15.8. The number of benzene rings is 2. The molecular formula is C28H33F2NO3. The Morgan fingerprint density at radius 1 is 1.09 bits per heavy atom. The van der Waals surface area contributed by atoms with Gasteiger partial charge in [-0.15, -0.1) is 0 Å². The molecule has 0 N–H and O–H groups in total. The first kappa shape index (κ1) is 25.7. The Hall–Kier alpha value is -2.94. The molecule has 1 saturated carbocycles. The molecule has 4 nitrogen and oxygen atoms in total. The molecule has 34 heavy (non-hydrogen) atoms. The van der Waals surface area contributed by atoms with Crippen LogP contribution >= 0.6 is 0 Å². The molecule has 1 aliphatic carbocycles. The fraction of sp³-hybridized carbons (Fsp3) is 0.500. The van der Waals surface area contributed by atoms with E-state index in [-0.39, 0.29) is 22.6 Å². The molecule has 1 unspecified atom stereocenters. The first-order valence-corrected chi connectivity index (χ1v) is 12.3. The average Bonchev–Trinajstić information content (AvgIpc) is 2.85. The number of para-hydroxylation sites is 1. The Kier molecular flexibility index (Phi) is 9.44.